The molecule has 0 aliphatic carbocycles. The summed E-state index contributed by atoms with van der Waals surface area (Å²) >= 11 is 0. The number of hydrogen-bond donors (Lipinski definition) is 2. The number of nitrogens with zero attached hydrogens (tertiary/aromatic N) is 1. The van der Waals surface area contributed by atoms with E-state index in [1.807, 2.05) is 13.8 Å². The molecular weight excluding hydrogens is 132 g/mol. The van der Waals surface area contributed by atoms with Crippen molar-refractivity contribution in [3.63, 3.8) is 0 Å². The standard InChI is InChI=1S/C6H14N2O2/c1-3-5(4-2)8(10)6(7)9/h5,10H,3-4H2,1-2H3,(H2,7,9). The minimum Gasteiger partial charge on any atom is -0.350 e. The van der Waals surface area contributed by atoms with Gasteiger partial charge in [0.05, 0.1) is 6.04 Å². The Kier molecular flexibility index (Phi) is 3.79. The molecule has 0 radical (unpaired) electrons. The molecule has 0 saturated carbocycles. The zero-order valence-electron chi connectivity index (χ0n) is 6.37. The molecule has 0 bridgehead atoms. The first-order valence-corrected chi connectivity index (χ1v) is 3.41. The van der Waals surface area contributed by atoms with Crippen molar-refractivity contribution in [3.8, 4) is 0 Å². The smallest absolute Gasteiger partial charge is 0.338 e. The number of urea groups is 1. The molecule has 0 aliphatic heterocycles. The van der Waals surface area contributed by atoms with E-state index in [1.54, 1.807) is 0 Å². The molecule has 4 heteroatoms. The Balaban J connectivity index is 3.88. The largest absolute Gasteiger partial charge is 0.350 e. The maximum Gasteiger partial charge on any atom is 0.338 e. The van der Waals surface area contributed by atoms with Crippen molar-refractivity contribution in [1.29, 1.82) is 0 Å². The molecule has 2 amide bonds. The van der Waals surface area contributed by atoms with Gasteiger partial charge in [-0.3, -0.25) is 5.21 Å². The number of rotatable bonds is 3. The lowest BCUT2D eigenvalue weighted by Crippen LogP contribution is -2.40. The molecule has 0 aliphatic rings. The monoisotopic (exact) mass is 146 g/mol. The van der Waals surface area contributed by atoms with Crippen LogP contribution in [0.5, 0.6) is 0 Å². The van der Waals surface area contributed by atoms with E-state index in [1.165, 1.54) is 0 Å². The van der Waals surface area contributed by atoms with Gasteiger partial charge in [-0.25, -0.2) is 9.86 Å². The van der Waals surface area contributed by atoms with Crippen molar-refractivity contribution < 1.29 is 10.0 Å². The molecule has 0 aromatic carbocycles. The van der Waals surface area contributed by atoms with Gasteiger partial charge in [0, 0.05) is 0 Å². The summed E-state index contributed by atoms with van der Waals surface area (Å²) in [5, 5.41) is 9.53. The number of nitrogens with two attached hydrogens (primary N) is 1. The summed E-state index contributed by atoms with van der Waals surface area (Å²) in [4.78, 5) is 10.4. The molecule has 0 aromatic rings. The minimum absolute atomic E-state index is 0.141. The summed E-state index contributed by atoms with van der Waals surface area (Å²) in [5.74, 6) is 0. The second kappa shape index (κ2) is 4.11. The summed E-state index contributed by atoms with van der Waals surface area (Å²) in [7, 11) is 0. The number of hydrogen-bond acceptors (Lipinski definition) is 2. The molecule has 0 heterocycles. The maximum atomic E-state index is 10.4. The van der Waals surface area contributed by atoms with Crippen molar-refractivity contribution in [2.24, 2.45) is 5.73 Å². The Morgan fingerprint density at radius 2 is 2.00 bits per heavy atom. The fraction of sp³-hybridized carbons (Fsp3) is 0.833. The zero-order chi connectivity index (χ0) is 8.15. The molecular formula is C6H14N2O2. The molecule has 0 spiro atoms. The summed E-state index contributed by atoms with van der Waals surface area (Å²) in [6.45, 7) is 3.78. The minimum atomic E-state index is -0.784. The molecule has 0 rings (SSSR count). The molecule has 4 nitrogen and oxygen atoms in total. The van der Waals surface area contributed by atoms with Crippen LogP contribution in [0.3, 0.4) is 0 Å². The van der Waals surface area contributed by atoms with E-state index in [0.717, 1.165) is 12.8 Å². The fourth-order valence-corrected chi connectivity index (χ4v) is 0.814. The average Bonchev–Trinajstić information content (AvgIpc) is 1.90. The first-order chi connectivity index (χ1) is 4.63. The number of amides is 2. The summed E-state index contributed by atoms with van der Waals surface area (Å²) in [6, 6.07) is -0.925. The predicted octanol–water partition coefficient (Wildman–Crippen LogP) is 0.945. The third-order valence-corrected chi connectivity index (χ3v) is 1.51. The van der Waals surface area contributed by atoms with Crippen molar-refractivity contribution in [1.82, 2.24) is 5.06 Å². The van der Waals surface area contributed by atoms with Gasteiger partial charge in [-0.15, -0.1) is 0 Å². The molecule has 60 valence electrons. The van der Waals surface area contributed by atoms with Gasteiger partial charge in [0.2, 0.25) is 0 Å². The Morgan fingerprint density at radius 3 is 2.10 bits per heavy atom. The quantitative estimate of drug-likeness (QED) is 0.459. The normalized spacial score (nSPS) is 10.0. The Hall–Kier alpha value is -0.770. The number of primary amides is 1. The first kappa shape index (κ1) is 9.23. The van der Waals surface area contributed by atoms with Crippen molar-refractivity contribution >= 4 is 6.03 Å². The van der Waals surface area contributed by atoms with Crippen LogP contribution < -0.4 is 5.73 Å². The van der Waals surface area contributed by atoms with Gasteiger partial charge in [0.1, 0.15) is 0 Å². The van der Waals surface area contributed by atoms with Crippen LogP contribution in [0, 0.1) is 0 Å². The fourth-order valence-electron chi connectivity index (χ4n) is 0.814. The Bertz CT molecular complexity index is 112. The Labute approximate surface area is 60.6 Å². The highest BCUT2D eigenvalue weighted by Crippen LogP contribution is 2.04. The van der Waals surface area contributed by atoms with Crippen LogP contribution in [-0.2, 0) is 0 Å². The molecule has 3 N–H and O–H groups in total. The van der Waals surface area contributed by atoms with Crippen LogP contribution in [-0.4, -0.2) is 22.3 Å². The molecule has 0 unspecified atom stereocenters. The number of carbonyl (C=O) groups is 1. The summed E-state index contributed by atoms with van der Waals surface area (Å²) < 4.78 is 0. The second-order valence-corrected chi connectivity index (χ2v) is 2.15. The summed E-state index contributed by atoms with van der Waals surface area (Å²) in [5.41, 5.74) is 4.82. The van der Waals surface area contributed by atoms with Crippen LogP contribution in [0.4, 0.5) is 4.79 Å². The van der Waals surface area contributed by atoms with Crippen LogP contribution in [0.15, 0.2) is 0 Å². The lowest BCUT2D eigenvalue weighted by molar-refractivity contribution is -0.0766. The lowest BCUT2D eigenvalue weighted by atomic mass is 10.2. The number of carbonyl (C=O) groups excluding carboxylic acids is 1. The summed E-state index contributed by atoms with van der Waals surface area (Å²) in [6.07, 6.45) is 1.44. The average molecular weight is 146 g/mol. The lowest BCUT2D eigenvalue weighted by Gasteiger charge is -2.21. The van der Waals surface area contributed by atoms with Gasteiger partial charge in [-0.05, 0) is 12.8 Å². The molecule has 0 saturated heterocycles. The van der Waals surface area contributed by atoms with E-state index in [9.17, 15) is 4.79 Å². The van der Waals surface area contributed by atoms with Gasteiger partial charge in [0.15, 0.2) is 0 Å². The molecule has 10 heavy (non-hydrogen) atoms. The topological polar surface area (TPSA) is 66.6 Å². The van der Waals surface area contributed by atoms with E-state index < -0.39 is 6.03 Å². The van der Waals surface area contributed by atoms with Crippen molar-refractivity contribution in [2.45, 2.75) is 32.7 Å². The second-order valence-electron chi connectivity index (χ2n) is 2.15. The van der Waals surface area contributed by atoms with E-state index in [2.05, 4.69) is 0 Å². The van der Waals surface area contributed by atoms with Crippen LogP contribution in [0.2, 0.25) is 0 Å². The maximum absolute atomic E-state index is 10.4. The van der Waals surface area contributed by atoms with Gasteiger partial charge in [0.25, 0.3) is 0 Å². The predicted molar refractivity (Wildman–Crippen MR) is 37.6 cm³/mol. The highest BCUT2D eigenvalue weighted by molar-refractivity contribution is 5.70. The van der Waals surface area contributed by atoms with Crippen molar-refractivity contribution in [3.05, 3.63) is 0 Å². The molecule has 0 fully saturated rings. The van der Waals surface area contributed by atoms with Crippen LogP contribution in [0.1, 0.15) is 26.7 Å². The highest BCUT2D eigenvalue weighted by Gasteiger charge is 2.14. The van der Waals surface area contributed by atoms with E-state index in [-0.39, 0.29) is 6.04 Å². The Morgan fingerprint density at radius 1 is 1.60 bits per heavy atom. The van der Waals surface area contributed by atoms with Gasteiger partial charge in [-0.2, -0.15) is 0 Å². The number of hydroxylamine groups is 2. The highest BCUT2D eigenvalue weighted by atomic mass is 16.5. The van der Waals surface area contributed by atoms with Crippen LogP contribution >= 0.6 is 0 Å². The van der Waals surface area contributed by atoms with E-state index in [0.29, 0.717) is 5.06 Å². The molecule has 0 aromatic heterocycles. The van der Waals surface area contributed by atoms with Gasteiger partial charge < -0.3 is 5.73 Å². The first-order valence-electron chi connectivity index (χ1n) is 3.41. The SMILES string of the molecule is CCC(CC)N(O)C(N)=O. The zero-order valence-corrected chi connectivity index (χ0v) is 6.37. The third-order valence-electron chi connectivity index (χ3n) is 1.51. The van der Waals surface area contributed by atoms with Gasteiger partial charge >= 0.3 is 6.03 Å². The van der Waals surface area contributed by atoms with E-state index >= 15 is 0 Å². The third kappa shape index (κ3) is 2.23. The van der Waals surface area contributed by atoms with Crippen LogP contribution in [0.25, 0.3) is 0 Å². The van der Waals surface area contributed by atoms with Crippen molar-refractivity contribution in [2.75, 3.05) is 0 Å². The molecule has 0 atom stereocenters. The van der Waals surface area contributed by atoms with Gasteiger partial charge in [-0.1, -0.05) is 13.8 Å². The van der Waals surface area contributed by atoms with E-state index in [4.69, 9.17) is 10.9 Å².